The van der Waals surface area contributed by atoms with Gasteiger partial charge in [-0.2, -0.15) is 0 Å². The summed E-state index contributed by atoms with van der Waals surface area (Å²) in [5.74, 6) is -0.129. The lowest BCUT2D eigenvalue weighted by atomic mass is 9.92. The van der Waals surface area contributed by atoms with Crippen LogP contribution in [0.25, 0.3) is 0 Å². The molecule has 3 N–H and O–H groups in total. The first-order chi connectivity index (χ1) is 7.09. The van der Waals surface area contributed by atoms with E-state index in [-0.39, 0.29) is 18.3 Å². The number of nitrogens with one attached hydrogen (secondary N) is 1. The topological polar surface area (TPSA) is 55.1 Å². The van der Waals surface area contributed by atoms with Gasteiger partial charge >= 0.3 is 0 Å². The van der Waals surface area contributed by atoms with E-state index < -0.39 is 5.54 Å². The molecule has 0 heterocycles. The van der Waals surface area contributed by atoms with Gasteiger partial charge in [-0.3, -0.25) is 4.79 Å². The van der Waals surface area contributed by atoms with Crippen LogP contribution < -0.4 is 11.1 Å². The fourth-order valence-corrected chi connectivity index (χ4v) is 1.34. The smallest absolute Gasteiger partial charge is 0.244 e. The lowest BCUT2D eigenvalue weighted by Gasteiger charge is -2.23. The molecule has 0 radical (unpaired) electrons. The Morgan fingerprint density at radius 1 is 1.38 bits per heavy atom. The molecule has 0 saturated heterocycles. The number of halogens is 1. The molecule has 1 amide bonds. The van der Waals surface area contributed by atoms with Crippen LogP contribution >= 0.6 is 12.4 Å². The predicted molar refractivity (Wildman–Crippen MR) is 68.5 cm³/mol. The number of nitrogens with two attached hydrogens (primary N) is 1. The van der Waals surface area contributed by atoms with Gasteiger partial charge in [-0.05, 0) is 18.9 Å². The molecule has 0 spiro atoms. The highest BCUT2D eigenvalue weighted by molar-refractivity contribution is 5.86. The Labute approximate surface area is 103 Å². The SMILES string of the molecule is CCCNC(=O)C(C)(N)c1ccccc1.Cl. The van der Waals surface area contributed by atoms with Gasteiger partial charge in [-0.15, -0.1) is 12.4 Å². The Hall–Kier alpha value is -1.06. The van der Waals surface area contributed by atoms with E-state index >= 15 is 0 Å². The number of carbonyl (C=O) groups is 1. The zero-order valence-electron chi connectivity index (χ0n) is 9.69. The van der Waals surface area contributed by atoms with Crippen LogP contribution in [0, 0.1) is 0 Å². The minimum atomic E-state index is -0.948. The van der Waals surface area contributed by atoms with Gasteiger partial charge in [0.1, 0.15) is 5.54 Å². The van der Waals surface area contributed by atoms with E-state index in [4.69, 9.17) is 5.73 Å². The highest BCUT2D eigenvalue weighted by Gasteiger charge is 2.29. The molecule has 1 rings (SSSR count). The third-order valence-corrected chi connectivity index (χ3v) is 2.38. The second kappa shape index (κ2) is 6.51. The Balaban J connectivity index is 0.00000225. The summed E-state index contributed by atoms with van der Waals surface area (Å²) in [6, 6.07) is 9.40. The van der Waals surface area contributed by atoms with E-state index in [1.165, 1.54) is 0 Å². The van der Waals surface area contributed by atoms with Crippen LogP contribution in [-0.2, 0) is 10.3 Å². The molecule has 16 heavy (non-hydrogen) atoms. The Kier molecular flexibility index (Phi) is 6.08. The quantitative estimate of drug-likeness (QED) is 0.846. The van der Waals surface area contributed by atoms with E-state index in [1.54, 1.807) is 6.92 Å². The van der Waals surface area contributed by atoms with Crippen LogP contribution in [-0.4, -0.2) is 12.5 Å². The Morgan fingerprint density at radius 2 is 1.94 bits per heavy atom. The molecular weight excluding hydrogens is 224 g/mol. The third-order valence-electron chi connectivity index (χ3n) is 2.38. The van der Waals surface area contributed by atoms with Crippen molar-refractivity contribution in [2.75, 3.05) is 6.54 Å². The molecule has 0 bridgehead atoms. The zero-order chi connectivity index (χ0) is 11.3. The van der Waals surface area contributed by atoms with Gasteiger partial charge in [-0.25, -0.2) is 0 Å². The summed E-state index contributed by atoms with van der Waals surface area (Å²) in [6.45, 7) is 4.41. The molecule has 0 aliphatic rings. The fourth-order valence-electron chi connectivity index (χ4n) is 1.34. The monoisotopic (exact) mass is 242 g/mol. The number of rotatable bonds is 4. The molecule has 1 atom stereocenters. The summed E-state index contributed by atoms with van der Waals surface area (Å²) in [6.07, 6.45) is 0.913. The maximum absolute atomic E-state index is 11.8. The molecule has 3 nitrogen and oxygen atoms in total. The Bertz CT molecular complexity index is 325. The van der Waals surface area contributed by atoms with Crippen LogP contribution in [0.15, 0.2) is 30.3 Å². The standard InChI is InChI=1S/C12H18N2O.ClH/c1-3-9-14-11(15)12(2,13)10-7-5-4-6-8-10;/h4-8H,3,9,13H2,1-2H3,(H,14,15);1H. The fraction of sp³-hybridized carbons (Fsp3) is 0.417. The van der Waals surface area contributed by atoms with Crippen molar-refractivity contribution in [1.82, 2.24) is 5.32 Å². The number of amides is 1. The van der Waals surface area contributed by atoms with Crippen LogP contribution in [0.5, 0.6) is 0 Å². The summed E-state index contributed by atoms with van der Waals surface area (Å²) in [4.78, 5) is 11.8. The van der Waals surface area contributed by atoms with Crippen molar-refractivity contribution < 1.29 is 4.79 Å². The molecule has 90 valence electrons. The average Bonchev–Trinajstić information content (AvgIpc) is 2.27. The lowest BCUT2D eigenvalue weighted by Crippen LogP contribution is -2.49. The molecule has 0 aliphatic heterocycles. The molecule has 1 aromatic rings. The molecule has 4 heteroatoms. The minimum absolute atomic E-state index is 0. The van der Waals surface area contributed by atoms with Gasteiger partial charge in [0.25, 0.3) is 0 Å². The van der Waals surface area contributed by atoms with Crippen molar-refractivity contribution in [2.45, 2.75) is 25.8 Å². The molecule has 0 fully saturated rings. The van der Waals surface area contributed by atoms with Crippen molar-refractivity contribution in [3.8, 4) is 0 Å². The maximum Gasteiger partial charge on any atom is 0.244 e. The van der Waals surface area contributed by atoms with Gasteiger partial charge in [0.05, 0.1) is 0 Å². The van der Waals surface area contributed by atoms with Crippen molar-refractivity contribution >= 4 is 18.3 Å². The summed E-state index contributed by atoms with van der Waals surface area (Å²) in [7, 11) is 0. The predicted octanol–water partition coefficient (Wildman–Crippen LogP) is 1.81. The van der Waals surface area contributed by atoms with Crippen molar-refractivity contribution in [3.63, 3.8) is 0 Å². The van der Waals surface area contributed by atoms with E-state index in [1.807, 2.05) is 37.3 Å². The van der Waals surface area contributed by atoms with Gasteiger partial charge in [0.2, 0.25) is 5.91 Å². The van der Waals surface area contributed by atoms with Crippen molar-refractivity contribution in [1.29, 1.82) is 0 Å². The second-order valence-corrected chi connectivity index (χ2v) is 3.82. The second-order valence-electron chi connectivity index (χ2n) is 3.82. The van der Waals surface area contributed by atoms with Crippen LogP contribution in [0.2, 0.25) is 0 Å². The van der Waals surface area contributed by atoms with Gasteiger partial charge in [0, 0.05) is 6.54 Å². The molecule has 0 aliphatic carbocycles. The minimum Gasteiger partial charge on any atom is -0.354 e. The Morgan fingerprint density at radius 3 is 2.44 bits per heavy atom. The van der Waals surface area contributed by atoms with Gasteiger partial charge < -0.3 is 11.1 Å². The van der Waals surface area contributed by atoms with E-state index in [0.717, 1.165) is 12.0 Å². The van der Waals surface area contributed by atoms with Crippen LogP contribution in [0.3, 0.4) is 0 Å². The molecule has 1 aromatic carbocycles. The van der Waals surface area contributed by atoms with E-state index in [2.05, 4.69) is 5.32 Å². The van der Waals surface area contributed by atoms with E-state index in [9.17, 15) is 4.79 Å². The number of benzene rings is 1. The highest BCUT2D eigenvalue weighted by Crippen LogP contribution is 2.17. The molecular formula is C12H19ClN2O. The number of hydrogen-bond acceptors (Lipinski definition) is 2. The molecule has 0 saturated carbocycles. The summed E-state index contributed by atoms with van der Waals surface area (Å²) >= 11 is 0. The van der Waals surface area contributed by atoms with Crippen molar-refractivity contribution in [3.05, 3.63) is 35.9 Å². The number of hydrogen-bond donors (Lipinski definition) is 2. The maximum atomic E-state index is 11.8. The first-order valence-corrected chi connectivity index (χ1v) is 5.21. The summed E-state index contributed by atoms with van der Waals surface area (Å²) in [5, 5.41) is 2.81. The normalized spacial score (nSPS) is 13.4. The van der Waals surface area contributed by atoms with E-state index in [0.29, 0.717) is 6.54 Å². The summed E-state index contributed by atoms with van der Waals surface area (Å²) in [5.41, 5.74) is 5.89. The van der Waals surface area contributed by atoms with Gasteiger partial charge in [-0.1, -0.05) is 37.3 Å². The first-order valence-electron chi connectivity index (χ1n) is 5.21. The first kappa shape index (κ1) is 14.9. The largest absolute Gasteiger partial charge is 0.354 e. The van der Waals surface area contributed by atoms with Gasteiger partial charge in [0.15, 0.2) is 0 Å². The molecule has 0 aromatic heterocycles. The molecule has 1 unspecified atom stereocenters. The number of carbonyl (C=O) groups excluding carboxylic acids is 1. The highest BCUT2D eigenvalue weighted by atomic mass is 35.5. The average molecular weight is 243 g/mol. The lowest BCUT2D eigenvalue weighted by molar-refractivity contribution is -0.126. The van der Waals surface area contributed by atoms with Crippen LogP contribution in [0.4, 0.5) is 0 Å². The zero-order valence-corrected chi connectivity index (χ0v) is 10.5. The third kappa shape index (κ3) is 3.51. The van der Waals surface area contributed by atoms with Crippen LogP contribution in [0.1, 0.15) is 25.8 Å². The van der Waals surface area contributed by atoms with Crippen molar-refractivity contribution in [2.24, 2.45) is 5.73 Å². The summed E-state index contributed by atoms with van der Waals surface area (Å²) < 4.78 is 0.